The Morgan fingerprint density at radius 3 is 2.47 bits per heavy atom. The SMILES string of the molecule is CCCCCCC(C)OC(CNCC)COC. The molecule has 0 rings (SSSR count). The van der Waals surface area contributed by atoms with Crippen LogP contribution in [0.5, 0.6) is 0 Å². The zero-order chi connectivity index (χ0) is 12.9. The van der Waals surface area contributed by atoms with E-state index < -0.39 is 0 Å². The minimum atomic E-state index is 0.182. The van der Waals surface area contributed by atoms with Crippen LogP contribution in [0.3, 0.4) is 0 Å². The molecule has 2 atom stereocenters. The Morgan fingerprint density at radius 2 is 1.88 bits per heavy atom. The number of hydrogen-bond acceptors (Lipinski definition) is 3. The Hall–Kier alpha value is -0.120. The Labute approximate surface area is 107 Å². The van der Waals surface area contributed by atoms with Gasteiger partial charge < -0.3 is 14.8 Å². The van der Waals surface area contributed by atoms with Crippen LogP contribution < -0.4 is 5.32 Å². The minimum absolute atomic E-state index is 0.182. The van der Waals surface area contributed by atoms with Crippen LogP contribution in [0.25, 0.3) is 0 Å². The maximum Gasteiger partial charge on any atom is 0.0935 e. The third-order valence-corrected chi connectivity index (χ3v) is 2.86. The van der Waals surface area contributed by atoms with Crippen molar-refractivity contribution in [1.82, 2.24) is 5.32 Å². The summed E-state index contributed by atoms with van der Waals surface area (Å²) in [5, 5.41) is 3.31. The van der Waals surface area contributed by atoms with Crippen molar-refractivity contribution >= 4 is 0 Å². The van der Waals surface area contributed by atoms with E-state index in [0.717, 1.165) is 19.5 Å². The lowest BCUT2D eigenvalue weighted by atomic mass is 10.1. The van der Waals surface area contributed by atoms with Gasteiger partial charge in [-0.15, -0.1) is 0 Å². The summed E-state index contributed by atoms with van der Waals surface area (Å²) in [7, 11) is 1.73. The molecule has 0 bridgehead atoms. The highest BCUT2D eigenvalue weighted by molar-refractivity contribution is 4.63. The molecule has 3 nitrogen and oxygen atoms in total. The van der Waals surface area contributed by atoms with Gasteiger partial charge in [0.1, 0.15) is 0 Å². The van der Waals surface area contributed by atoms with E-state index in [2.05, 4.69) is 26.1 Å². The van der Waals surface area contributed by atoms with Crippen molar-refractivity contribution < 1.29 is 9.47 Å². The van der Waals surface area contributed by atoms with Gasteiger partial charge in [0.05, 0.1) is 18.8 Å². The van der Waals surface area contributed by atoms with Gasteiger partial charge in [-0.25, -0.2) is 0 Å². The predicted molar refractivity (Wildman–Crippen MR) is 73.5 cm³/mol. The lowest BCUT2D eigenvalue weighted by Gasteiger charge is -2.22. The van der Waals surface area contributed by atoms with E-state index >= 15 is 0 Å². The highest BCUT2D eigenvalue weighted by Crippen LogP contribution is 2.09. The van der Waals surface area contributed by atoms with Crippen molar-refractivity contribution in [1.29, 1.82) is 0 Å². The van der Waals surface area contributed by atoms with E-state index in [0.29, 0.717) is 12.7 Å². The summed E-state index contributed by atoms with van der Waals surface area (Å²) in [6, 6.07) is 0. The molecule has 0 saturated carbocycles. The van der Waals surface area contributed by atoms with Gasteiger partial charge in [0.2, 0.25) is 0 Å². The average molecular weight is 245 g/mol. The molecular formula is C14H31NO2. The van der Waals surface area contributed by atoms with Gasteiger partial charge in [-0.2, -0.15) is 0 Å². The third kappa shape index (κ3) is 10.7. The van der Waals surface area contributed by atoms with E-state index in [9.17, 15) is 0 Å². The molecule has 0 aromatic rings. The maximum absolute atomic E-state index is 5.99. The lowest BCUT2D eigenvalue weighted by molar-refractivity contribution is -0.0428. The molecule has 0 saturated heterocycles. The number of rotatable bonds is 12. The molecule has 2 unspecified atom stereocenters. The first-order chi connectivity index (χ1) is 8.24. The number of likely N-dealkylation sites (N-methyl/N-ethyl adjacent to an activating group) is 1. The largest absolute Gasteiger partial charge is 0.382 e. The topological polar surface area (TPSA) is 30.5 Å². The highest BCUT2D eigenvalue weighted by Gasteiger charge is 2.12. The molecule has 1 N–H and O–H groups in total. The number of hydrogen-bond donors (Lipinski definition) is 1. The normalized spacial score (nSPS) is 14.8. The summed E-state index contributed by atoms with van der Waals surface area (Å²) in [6.07, 6.45) is 6.91. The van der Waals surface area contributed by atoms with E-state index in [1.807, 2.05) is 0 Å². The van der Waals surface area contributed by atoms with E-state index in [1.54, 1.807) is 7.11 Å². The van der Waals surface area contributed by atoms with Crippen molar-refractivity contribution in [2.45, 2.75) is 65.1 Å². The molecule has 0 spiro atoms. The summed E-state index contributed by atoms with van der Waals surface area (Å²) in [5.74, 6) is 0. The zero-order valence-electron chi connectivity index (χ0n) is 12.1. The van der Waals surface area contributed by atoms with Gasteiger partial charge in [0.15, 0.2) is 0 Å². The fraction of sp³-hybridized carbons (Fsp3) is 1.00. The van der Waals surface area contributed by atoms with Crippen molar-refractivity contribution in [2.75, 3.05) is 26.8 Å². The minimum Gasteiger partial charge on any atom is -0.382 e. The number of methoxy groups -OCH3 is 1. The smallest absolute Gasteiger partial charge is 0.0935 e. The lowest BCUT2D eigenvalue weighted by Crippen LogP contribution is -2.35. The van der Waals surface area contributed by atoms with Crippen molar-refractivity contribution in [3.8, 4) is 0 Å². The monoisotopic (exact) mass is 245 g/mol. The number of unbranched alkanes of at least 4 members (excludes halogenated alkanes) is 3. The van der Waals surface area contributed by atoms with Crippen LogP contribution in [0.15, 0.2) is 0 Å². The Kier molecular flexibility index (Phi) is 12.3. The zero-order valence-corrected chi connectivity index (χ0v) is 12.1. The second-order valence-corrected chi connectivity index (χ2v) is 4.68. The highest BCUT2D eigenvalue weighted by atomic mass is 16.5. The van der Waals surface area contributed by atoms with Crippen LogP contribution in [0.2, 0.25) is 0 Å². The summed E-state index contributed by atoms with van der Waals surface area (Å²) in [4.78, 5) is 0. The molecule has 0 aromatic carbocycles. The van der Waals surface area contributed by atoms with Crippen LogP contribution in [-0.2, 0) is 9.47 Å². The molecule has 104 valence electrons. The summed E-state index contributed by atoms with van der Waals surface area (Å²) in [6.45, 7) is 9.05. The predicted octanol–water partition coefficient (Wildman–Crippen LogP) is 2.99. The van der Waals surface area contributed by atoms with Gasteiger partial charge in [-0.1, -0.05) is 39.5 Å². The fourth-order valence-electron chi connectivity index (χ4n) is 1.89. The molecule has 0 amide bonds. The fourth-order valence-corrected chi connectivity index (χ4v) is 1.89. The van der Waals surface area contributed by atoms with Crippen molar-refractivity contribution in [3.05, 3.63) is 0 Å². The molecular weight excluding hydrogens is 214 g/mol. The summed E-state index contributed by atoms with van der Waals surface area (Å²) in [5.41, 5.74) is 0. The molecule has 0 radical (unpaired) electrons. The second kappa shape index (κ2) is 12.3. The van der Waals surface area contributed by atoms with Gasteiger partial charge >= 0.3 is 0 Å². The van der Waals surface area contributed by atoms with Crippen LogP contribution in [-0.4, -0.2) is 39.0 Å². The molecule has 0 aliphatic rings. The van der Waals surface area contributed by atoms with E-state index in [1.165, 1.54) is 25.7 Å². The Bertz CT molecular complexity index is 153. The molecule has 0 aromatic heterocycles. The van der Waals surface area contributed by atoms with E-state index in [4.69, 9.17) is 9.47 Å². The van der Waals surface area contributed by atoms with Gasteiger partial charge in [0, 0.05) is 13.7 Å². The quantitative estimate of drug-likeness (QED) is 0.536. The Balaban J connectivity index is 3.66. The van der Waals surface area contributed by atoms with E-state index in [-0.39, 0.29) is 6.10 Å². The van der Waals surface area contributed by atoms with Gasteiger partial charge in [-0.05, 0) is 19.9 Å². The molecule has 0 aliphatic carbocycles. The van der Waals surface area contributed by atoms with Crippen LogP contribution in [0.1, 0.15) is 52.9 Å². The molecule has 3 heteroatoms. The maximum atomic E-state index is 5.99. The second-order valence-electron chi connectivity index (χ2n) is 4.68. The third-order valence-electron chi connectivity index (χ3n) is 2.86. The number of nitrogens with one attached hydrogen (secondary N) is 1. The molecule has 0 heterocycles. The van der Waals surface area contributed by atoms with Crippen LogP contribution in [0.4, 0.5) is 0 Å². The van der Waals surface area contributed by atoms with Crippen LogP contribution >= 0.6 is 0 Å². The summed E-state index contributed by atoms with van der Waals surface area (Å²) >= 11 is 0. The first kappa shape index (κ1) is 16.9. The molecule has 17 heavy (non-hydrogen) atoms. The molecule has 0 fully saturated rings. The average Bonchev–Trinajstić information content (AvgIpc) is 2.32. The number of ether oxygens (including phenoxy) is 2. The molecule has 0 aliphatic heterocycles. The van der Waals surface area contributed by atoms with Crippen molar-refractivity contribution in [3.63, 3.8) is 0 Å². The summed E-state index contributed by atoms with van der Waals surface area (Å²) < 4.78 is 11.2. The standard InChI is InChI=1S/C14H31NO2/c1-5-7-8-9-10-13(3)17-14(12-16-4)11-15-6-2/h13-15H,5-12H2,1-4H3. The van der Waals surface area contributed by atoms with Gasteiger partial charge in [-0.3, -0.25) is 0 Å². The van der Waals surface area contributed by atoms with Crippen molar-refractivity contribution in [2.24, 2.45) is 0 Å². The first-order valence-electron chi connectivity index (χ1n) is 7.09. The van der Waals surface area contributed by atoms with Gasteiger partial charge in [0.25, 0.3) is 0 Å². The Morgan fingerprint density at radius 1 is 1.12 bits per heavy atom. The first-order valence-corrected chi connectivity index (χ1v) is 7.09. The van der Waals surface area contributed by atoms with Crippen LogP contribution in [0, 0.1) is 0 Å².